The van der Waals surface area contributed by atoms with Gasteiger partial charge in [-0.2, -0.15) is 0 Å². The predicted octanol–water partition coefficient (Wildman–Crippen LogP) is 19.7. The number of hydrogen-bond donors (Lipinski definition) is 1. The van der Waals surface area contributed by atoms with Crippen LogP contribution in [-0.2, 0) is 53.6 Å². The second-order valence-electron chi connectivity index (χ2n) is 25.6. The Morgan fingerprint density at radius 2 is 1.03 bits per heavy atom. The van der Waals surface area contributed by atoms with Gasteiger partial charge in [0.1, 0.15) is 11.6 Å². The van der Waals surface area contributed by atoms with E-state index in [2.05, 4.69) is 193 Å². The molecule has 9 rings (SSSR count). The molecule has 0 unspecified atom stereocenters. The first-order valence-electron chi connectivity index (χ1n) is 32.7. The van der Waals surface area contributed by atoms with Crippen molar-refractivity contribution in [3.63, 3.8) is 0 Å². The molecule has 0 bridgehead atoms. The maximum absolute atomic E-state index is 12.8. The molecule has 0 spiro atoms. The Morgan fingerprint density at radius 1 is 0.468 bits per heavy atom. The van der Waals surface area contributed by atoms with Gasteiger partial charge in [0, 0.05) is 56.4 Å². The fourth-order valence-electron chi connectivity index (χ4n) is 9.69. The van der Waals surface area contributed by atoms with Gasteiger partial charge in [-0.05, 0) is 113 Å². The van der Waals surface area contributed by atoms with Gasteiger partial charge in [-0.15, -0.1) is 23.8 Å². The molecule has 0 saturated heterocycles. The van der Waals surface area contributed by atoms with Crippen molar-refractivity contribution >= 4 is 11.0 Å². The molecule has 0 radical (unpaired) electrons. The average Bonchev–Trinajstić information content (AvgIpc) is 0.730. The van der Waals surface area contributed by atoms with Crippen LogP contribution in [-0.4, -0.2) is 19.6 Å². The smallest absolute Gasteiger partial charge is 0.148 e. The summed E-state index contributed by atoms with van der Waals surface area (Å²) >= 11 is 0. The minimum absolute atomic E-state index is 0. The number of pyridine rings is 1. The molecule has 0 aliphatic carbocycles. The molecule has 0 amide bonds. The number of phenolic OH excluding ortho intramolecular Hbond substituents is 1. The molecule has 400 valence electrons. The van der Waals surface area contributed by atoms with Crippen LogP contribution < -0.4 is 0 Å². The van der Waals surface area contributed by atoms with Crippen molar-refractivity contribution in [3.05, 3.63) is 191 Å². The molecule has 0 atom stereocenters. The van der Waals surface area contributed by atoms with Crippen molar-refractivity contribution in [1.29, 1.82) is 0 Å². The largest absolute Gasteiger partial charge is 0.507 e. The Kier molecular flexibility index (Phi) is 11.1. The second-order valence-corrected chi connectivity index (χ2v) is 25.6. The van der Waals surface area contributed by atoms with Crippen LogP contribution >= 0.6 is 0 Å². The maximum atomic E-state index is 12.8. The zero-order chi connectivity index (χ0) is 66.1. The third-order valence-corrected chi connectivity index (χ3v) is 14.4. The molecule has 4 nitrogen and oxygen atoms in total. The van der Waals surface area contributed by atoms with Gasteiger partial charge in [-0.1, -0.05) is 244 Å². The standard InChI is InChI=1S/C72H80N3O.Pt/c1-67(2,3)52-28-22-45(23-29-52)48-36-37-73-61(41-48)51-39-49(46-24-30-53(31-25-46)68(4,5)6)38-50(40-51)57-20-19-21-63-64(57)74-66(59-43-56(71(13,14)15)44-60(65(59)76)72(16,17)18)75(63)62-35-34-55(70(10,11)12)42-58(62)47-26-32-54(33-27-47)69(7,8)9;/h19-39,41-44,76H,1-18H3;/q-1;/i1D3,2D3,3D3,22D,23D,28D,29D;. The van der Waals surface area contributed by atoms with E-state index in [0.717, 1.165) is 55.7 Å². The van der Waals surface area contributed by atoms with E-state index in [4.69, 9.17) is 25.0 Å². The molecule has 2 heterocycles. The van der Waals surface area contributed by atoms with E-state index in [0.29, 0.717) is 33.6 Å². The van der Waals surface area contributed by atoms with Gasteiger partial charge in [0.25, 0.3) is 0 Å². The van der Waals surface area contributed by atoms with Crippen LogP contribution in [0.15, 0.2) is 152 Å². The molecule has 0 saturated carbocycles. The number of phenols is 1. The molecule has 77 heavy (non-hydrogen) atoms. The summed E-state index contributed by atoms with van der Waals surface area (Å²) < 4.78 is 114. The number of nitrogens with zero attached hydrogens (tertiary/aromatic N) is 3. The Labute approximate surface area is 494 Å². The molecule has 0 fully saturated rings. The summed E-state index contributed by atoms with van der Waals surface area (Å²) in [6.07, 6.45) is 1.43. The first-order chi connectivity index (χ1) is 40.8. The topological polar surface area (TPSA) is 50.9 Å². The number of para-hydroxylation sites is 1. The molecular weight excluding hydrogens is 1120 g/mol. The second kappa shape index (κ2) is 20.5. The van der Waals surface area contributed by atoms with Crippen LogP contribution in [0, 0.1) is 6.07 Å². The van der Waals surface area contributed by atoms with E-state index >= 15 is 0 Å². The molecular formula is C72H80N3OPt-. The average molecular weight is 1210 g/mol. The number of imidazole rings is 1. The van der Waals surface area contributed by atoms with E-state index < -0.39 is 61.1 Å². The molecule has 0 aliphatic rings. The van der Waals surface area contributed by atoms with Gasteiger partial charge in [0.05, 0.1) is 27.8 Å². The number of benzene rings is 7. The van der Waals surface area contributed by atoms with Crippen molar-refractivity contribution in [3.8, 4) is 78.6 Å². The van der Waals surface area contributed by atoms with Crippen LogP contribution in [0.4, 0.5) is 0 Å². The number of rotatable bonds is 7. The third-order valence-electron chi connectivity index (χ3n) is 14.4. The van der Waals surface area contributed by atoms with Gasteiger partial charge in [-0.25, -0.2) is 4.98 Å². The van der Waals surface area contributed by atoms with E-state index in [1.54, 1.807) is 6.07 Å². The quantitative estimate of drug-likeness (QED) is 0.162. The monoisotopic (exact) mass is 1210 g/mol. The first-order valence-corrected chi connectivity index (χ1v) is 26.2. The number of hydrogen-bond acceptors (Lipinski definition) is 3. The molecule has 2 aromatic heterocycles. The third kappa shape index (κ3) is 11.8. The summed E-state index contributed by atoms with van der Waals surface area (Å²) in [5, 5.41) is 12.8. The molecule has 0 aliphatic heterocycles. The fraction of sp³-hybridized carbons (Fsp3) is 0.333. The van der Waals surface area contributed by atoms with Gasteiger partial charge < -0.3 is 5.11 Å². The Morgan fingerprint density at radius 3 is 1.60 bits per heavy atom. The van der Waals surface area contributed by atoms with Gasteiger partial charge in [0.15, 0.2) is 0 Å². The summed E-state index contributed by atoms with van der Waals surface area (Å²) in [5.74, 6) is 0.634. The Balaban J connectivity index is 0.0000105. The first kappa shape index (κ1) is 41.7. The van der Waals surface area contributed by atoms with Crippen LogP contribution in [0.1, 0.15) is 176 Å². The van der Waals surface area contributed by atoms with Crippen LogP contribution in [0.3, 0.4) is 0 Å². The number of aromatic nitrogens is 3. The van der Waals surface area contributed by atoms with Gasteiger partial charge in [0.2, 0.25) is 0 Å². The van der Waals surface area contributed by atoms with Crippen LogP contribution in [0.5, 0.6) is 5.75 Å². The van der Waals surface area contributed by atoms with Gasteiger partial charge >= 0.3 is 0 Å². The van der Waals surface area contributed by atoms with Gasteiger partial charge in [-0.3, -0.25) is 9.55 Å². The van der Waals surface area contributed by atoms with E-state index in [1.807, 2.05) is 30.3 Å². The van der Waals surface area contributed by atoms with Crippen LogP contribution in [0.25, 0.3) is 83.9 Å². The van der Waals surface area contributed by atoms with E-state index in [1.165, 1.54) is 17.8 Å². The summed E-state index contributed by atoms with van der Waals surface area (Å²) in [6.45, 7) is 20.9. The maximum Gasteiger partial charge on any atom is 0.148 e. The summed E-state index contributed by atoms with van der Waals surface area (Å²) in [7, 11) is 0. The minimum atomic E-state index is -3.83. The van der Waals surface area contributed by atoms with Crippen LogP contribution in [0.2, 0.25) is 0 Å². The zero-order valence-electron chi connectivity index (χ0n) is 60.2. The minimum Gasteiger partial charge on any atom is -0.507 e. The SMILES string of the molecule is [2H]c1c([2H])c(C(C([2H])([2H])[2H])(C([2H])([2H])[2H])C([2H])([2H])[2H])c([2H])c([2H])c1-c1ccnc(-c2[c-]c(-c3cccc4c3nc(-c3cc(C(C)(C)C)cc(C(C)(C)C)c3O)n4-c3ccc(C(C)(C)C)cc3-c3ccc(C(C)(C)C)cc3)cc(-c3ccc(C(C)(C)C)cc3)c2)c1.[Pt]. The number of fused-ring (bicyclic) bond motifs is 1. The normalized spacial score (nSPS) is 15.7. The molecule has 9 aromatic rings. The van der Waals surface area contributed by atoms with E-state index in [-0.39, 0.29) is 65.3 Å². The van der Waals surface area contributed by atoms with Crippen molar-refractivity contribution in [2.75, 3.05) is 0 Å². The van der Waals surface area contributed by atoms with Crippen molar-refractivity contribution in [2.24, 2.45) is 0 Å². The summed E-state index contributed by atoms with van der Waals surface area (Å²) in [5.41, 5.74) is 7.15. The predicted molar refractivity (Wildman–Crippen MR) is 324 cm³/mol. The number of aromatic hydroxyl groups is 1. The fourth-order valence-corrected chi connectivity index (χ4v) is 9.69. The molecule has 1 N–H and O–H groups in total. The zero-order valence-corrected chi connectivity index (χ0v) is 49.5. The Hall–Kier alpha value is -6.35. The van der Waals surface area contributed by atoms with Crippen molar-refractivity contribution in [2.45, 2.75) is 157 Å². The van der Waals surface area contributed by atoms with E-state index in [9.17, 15) is 7.85 Å². The summed E-state index contributed by atoms with van der Waals surface area (Å²) in [6, 6.07) is 40.5. The van der Waals surface area contributed by atoms with Crippen molar-refractivity contribution < 1.29 is 44.0 Å². The summed E-state index contributed by atoms with van der Waals surface area (Å²) in [4.78, 5) is 10.5. The molecule has 5 heteroatoms. The van der Waals surface area contributed by atoms with Crippen molar-refractivity contribution in [1.82, 2.24) is 14.5 Å². The Bertz CT molecular complexity index is 4150. The molecule has 7 aromatic carbocycles.